The van der Waals surface area contributed by atoms with Gasteiger partial charge in [0.25, 0.3) is 5.91 Å². The minimum absolute atomic E-state index is 0.0356. The molecule has 29 heavy (non-hydrogen) atoms. The van der Waals surface area contributed by atoms with Crippen LogP contribution in [0, 0.1) is 5.82 Å². The number of hydrogen-bond acceptors (Lipinski definition) is 4. The molecule has 0 fully saturated rings. The molecule has 0 bridgehead atoms. The van der Waals surface area contributed by atoms with Gasteiger partial charge in [0.05, 0.1) is 18.2 Å². The summed E-state index contributed by atoms with van der Waals surface area (Å²) in [5, 5.41) is 26.3. The third-order valence-corrected chi connectivity index (χ3v) is 4.50. The summed E-state index contributed by atoms with van der Waals surface area (Å²) in [6.45, 7) is 0. The molecule has 1 atom stereocenters. The Bertz CT molecular complexity index is 1070. The zero-order chi connectivity index (χ0) is 21.1. The Hall–Kier alpha value is -3.10. The summed E-state index contributed by atoms with van der Waals surface area (Å²) in [5.41, 5.74) is 0.241. The Labute approximate surface area is 174 Å². The van der Waals surface area contributed by atoms with Crippen LogP contribution in [-0.2, 0) is 4.79 Å². The minimum atomic E-state index is -1.24. The monoisotopic (exact) mass is 437 g/mol. The highest BCUT2D eigenvalue weighted by Gasteiger charge is 2.24. The van der Waals surface area contributed by atoms with E-state index in [0.29, 0.717) is 10.7 Å². The van der Waals surface area contributed by atoms with Crippen LogP contribution < -0.4 is 5.32 Å². The first kappa shape index (κ1) is 20.6. The number of aromatic nitrogens is 2. The summed E-state index contributed by atoms with van der Waals surface area (Å²) >= 11 is 11.6. The van der Waals surface area contributed by atoms with Crippen LogP contribution in [0.25, 0.3) is 5.69 Å². The van der Waals surface area contributed by atoms with Crippen LogP contribution in [0.2, 0.25) is 10.0 Å². The molecule has 150 valence electrons. The first-order chi connectivity index (χ1) is 13.7. The molecule has 0 aliphatic carbocycles. The second kappa shape index (κ2) is 8.50. The summed E-state index contributed by atoms with van der Waals surface area (Å²) in [4.78, 5) is 23.8. The predicted octanol–water partition coefficient (Wildman–Crippen LogP) is 3.97. The van der Waals surface area contributed by atoms with Gasteiger partial charge in [-0.2, -0.15) is 5.10 Å². The molecule has 0 saturated heterocycles. The van der Waals surface area contributed by atoms with Gasteiger partial charge in [-0.05, 0) is 36.4 Å². The van der Waals surface area contributed by atoms with Crippen LogP contribution in [0.5, 0.6) is 5.88 Å². The summed E-state index contributed by atoms with van der Waals surface area (Å²) in [7, 11) is 0. The van der Waals surface area contributed by atoms with E-state index in [1.807, 2.05) is 0 Å². The van der Waals surface area contributed by atoms with Gasteiger partial charge in [0.2, 0.25) is 5.88 Å². The lowest BCUT2D eigenvalue weighted by Gasteiger charge is -2.17. The Balaban J connectivity index is 1.87. The van der Waals surface area contributed by atoms with Gasteiger partial charge in [0, 0.05) is 21.7 Å². The van der Waals surface area contributed by atoms with Crippen molar-refractivity contribution in [2.24, 2.45) is 0 Å². The quantitative estimate of drug-likeness (QED) is 0.541. The van der Waals surface area contributed by atoms with Gasteiger partial charge in [0.15, 0.2) is 5.69 Å². The zero-order valence-corrected chi connectivity index (χ0v) is 16.2. The maximum atomic E-state index is 14.2. The van der Waals surface area contributed by atoms with E-state index in [9.17, 15) is 19.1 Å². The van der Waals surface area contributed by atoms with Gasteiger partial charge in [-0.25, -0.2) is 9.07 Å². The fourth-order valence-corrected chi connectivity index (χ4v) is 2.97. The summed E-state index contributed by atoms with van der Waals surface area (Å²) in [6, 6.07) is 10.0. The molecule has 0 aliphatic rings. The van der Waals surface area contributed by atoms with Gasteiger partial charge in [0.1, 0.15) is 5.82 Å². The number of carbonyl (C=O) groups excluding carboxylic acids is 1. The lowest BCUT2D eigenvalue weighted by Crippen LogP contribution is -2.31. The van der Waals surface area contributed by atoms with Gasteiger partial charge in [-0.15, -0.1) is 0 Å². The lowest BCUT2D eigenvalue weighted by atomic mass is 10.0. The molecular weight excluding hydrogens is 424 g/mol. The van der Waals surface area contributed by atoms with Crippen molar-refractivity contribution in [2.75, 3.05) is 0 Å². The van der Waals surface area contributed by atoms with Crippen LogP contribution in [0.4, 0.5) is 4.39 Å². The summed E-state index contributed by atoms with van der Waals surface area (Å²) in [5.74, 6) is -3.09. The average Bonchev–Trinajstić information content (AvgIpc) is 3.03. The fraction of sp³-hybridized carbons (Fsp3) is 0.105. The van der Waals surface area contributed by atoms with Gasteiger partial charge in [-0.3, -0.25) is 9.59 Å². The first-order valence-electron chi connectivity index (χ1n) is 8.27. The minimum Gasteiger partial charge on any atom is -0.493 e. The molecule has 10 heteroatoms. The molecule has 1 unspecified atom stereocenters. The fourth-order valence-electron chi connectivity index (χ4n) is 2.68. The molecule has 2 aromatic carbocycles. The molecule has 3 N–H and O–H groups in total. The lowest BCUT2D eigenvalue weighted by molar-refractivity contribution is -0.137. The highest BCUT2D eigenvalue weighted by molar-refractivity contribution is 6.30. The number of benzene rings is 2. The van der Waals surface area contributed by atoms with Crippen LogP contribution in [-0.4, -0.2) is 31.9 Å². The van der Waals surface area contributed by atoms with E-state index < -0.39 is 30.2 Å². The maximum absolute atomic E-state index is 14.2. The standard InChI is InChI=1S/C19H14Cl2FN3O4/c20-10-1-4-12(5-2-10)25-17(26)8-16(24-25)19(29)23-15(9-18(27)28)13-6-3-11(21)7-14(13)22/h1-8,15,26H,9H2,(H,23,29)(H,27,28). The van der Waals surface area contributed by atoms with Crippen LogP contribution in [0.15, 0.2) is 48.5 Å². The number of rotatable bonds is 6. The number of halogens is 3. The van der Waals surface area contributed by atoms with E-state index in [1.54, 1.807) is 24.3 Å². The van der Waals surface area contributed by atoms with E-state index in [1.165, 1.54) is 12.1 Å². The second-order valence-corrected chi connectivity index (χ2v) is 6.94. The molecule has 1 amide bonds. The van der Waals surface area contributed by atoms with Crippen molar-refractivity contribution in [1.82, 2.24) is 15.1 Å². The molecule has 3 rings (SSSR count). The van der Waals surface area contributed by atoms with E-state index in [-0.39, 0.29) is 22.2 Å². The van der Waals surface area contributed by atoms with Crippen molar-refractivity contribution in [3.63, 3.8) is 0 Å². The number of carboxylic acid groups (broad SMARTS) is 1. The molecule has 0 radical (unpaired) electrons. The molecule has 7 nitrogen and oxygen atoms in total. The van der Waals surface area contributed by atoms with Crippen LogP contribution >= 0.6 is 23.2 Å². The number of nitrogens with zero attached hydrogens (tertiary/aromatic N) is 2. The average molecular weight is 438 g/mol. The Morgan fingerprint density at radius 2 is 1.76 bits per heavy atom. The van der Waals surface area contributed by atoms with Crippen LogP contribution in [0.3, 0.4) is 0 Å². The predicted molar refractivity (Wildman–Crippen MR) is 104 cm³/mol. The third-order valence-electron chi connectivity index (χ3n) is 4.02. The molecule has 0 saturated carbocycles. The Morgan fingerprint density at radius 3 is 2.38 bits per heavy atom. The van der Waals surface area contributed by atoms with Crippen molar-refractivity contribution in [3.05, 3.63) is 75.7 Å². The smallest absolute Gasteiger partial charge is 0.305 e. The second-order valence-electron chi connectivity index (χ2n) is 6.07. The number of aliphatic carboxylic acids is 1. The number of carboxylic acids is 1. The van der Waals surface area contributed by atoms with E-state index in [0.717, 1.165) is 16.8 Å². The molecule has 0 aliphatic heterocycles. The molecule has 1 heterocycles. The normalized spacial score (nSPS) is 11.8. The number of nitrogens with one attached hydrogen (secondary N) is 1. The zero-order valence-electron chi connectivity index (χ0n) is 14.6. The molecule has 3 aromatic rings. The topological polar surface area (TPSA) is 104 Å². The first-order valence-corrected chi connectivity index (χ1v) is 9.03. The highest BCUT2D eigenvalue weighted by Crippen LogP contribution is 2.25. The van der Waals surface area contributed by atoms with Crippen molar-refractivity contribution in [2.45, 2.75) is 12.5 Å². The number of amides is 1. The largest absolute Gasteiger partial charge is 0.493 e. The van der Waals surface area contributed by atoms with Gasteiger partial charge < -0.3 is 15.5 Å². The highest BCUT2D eigenvalue weighted by atomic mass is 35.5. The molecular formula is C19H14Cl2FN3O4. The Kier molecular flexibility index (Phi) is 6.05. The van der Waals surface area contributed by atoms with Crippen molar-refractivity contribution in [3.8, 4) is 11.6 Å². The van der Waals surface area contributed by atoms with Gasteiger partial charge in [-0.1, -0.05) is 29.3 Å². The SMILES string of the molecule is O=C(O)CC(NC(=O)c1cc(O)n(-c2ccc(Cl)cc2)n1)c1ccc(Cl)cc1F. The van der Waals surface area contributed by atoms with Crippen molar-refractivity contribution < 1.29 is 24.2 Å². The van der Waals surface area contributed by atoms with Gasteiger partial charge >= 0.3 is 5.97 Å². The number of carbonyl (C=O) groups is 2. The molecule has 0 spiro atoms. The number of hydrogen-bond donors (Lipinski definition) is 3. The summed E-state index contributed by atoms with van der Waals surface area (Å²) < 4.78 is 15.3. The Morgan fingerprint density at radius 1 is 1.10 bits per heavy atom. The van der Waals surface area contributed by atoms with Crippen molar-refractivity contribution in [1.29, 1.82) is 0 Å². The van der Waals surface area contributed by atoms with E-state index in [2.05, 4.69) is 10.4 Å². The maximum Gasteiger partial charge on any atom is 0.305 e. The van der Waals surface area contributed by atoms with Crippen molar-refractivity contribution >= 4 is 35.1 Å². The summed E-state index contributed by atoms with van der Waals surface area (Å²) in [6.07, 6.45) is -0.561. The third kappa shape index (κ3) is 4.85. The van der Waals surface area contributed by atoms with Crippen LogP contribution in [0.1, 0.15) is 28.5 Å². The number of aromatic hydroxyl groups is 1. The van der Waals surface area contributed by atoms with E-state index in [4.69, 9.17) is 28.3 Å². The van der Waals surface area contributed by atoms with E-state index >= 15 is 0 Å². The molecule has 1 aromatic heterocycles.